The van der Waals surface area contributed by atoms with Crippen LogP contribution in [0.4, 0.5) is 0 Å². The van der Waals surface area contributed by atoms with E-state index < -0.39 is 9.04 Å². The number of rotatable bonds is 8. The average molecular weight is 336 g/mol. The molecule has 0 saturated carbocycles. The first-order chi connectivity index (χ1) is 11.8. The molecule has 3 rings (SSSR count). The Labute approximate surface area is 144 Å². The second-order valence-electron chi connectivity index (χ2n) is 5.72. The van der Waals surface area contributed by atoms with Gasteiger partial charge in [0.15, 0.2) is 0 Å². The van der Waals surface area contributed by atoms with E-state index in [9.17, 15) is 0 Å². The van der Waals surface area contributed by atoms with Crippen LogP contribution in [0.3, 0.4) is 0 Å². The summed E-state index contributed by atoms with van der Waals surface area (Å²) in [6, 6.07) is 20.2. The number of aromatic nitrogens is 3. The third-order valence-electron chi connectivity index (χ3n) is 3.78. The van der Waals surface area contributed by atoms with Gasteiger partial charge in [-0.05, 0) is 29.2 Å². The molecule has 123 valence electrons. The molecule has 4 nitrogen and oxygen atoms in total. The highest BCUT2D eigenvalue weighted by atomic mass is 28.3. The summed E-state index contributed by atoms with van der Waals surface area (Å²) >= 11 is 0. The molecular weight excluding hydrogens is 314 g/mol. The SMILES string of the molecule is CCCO[Si](Cc1ccc(-c2ccccc2)cc1)Cn1cncn1. The second kappa shape index (κ2) is 8.56. The molecule has 3 aromatic rings. The molecule has 1 heterocycles. The van der Waals surface area contributed by atoms with E-state index in [0.29, 0.717) is 0 Å². The van der Waals surface area contributed by atoms with E-state index in [1.807, 2.05) is 10.7 Å². The molecule has 0 spiro atoms. The van der Waals surface area contributed by atoms with E-state index in [0.717, 1.165) is 25.2 Å². The maximum absolute atomic E-state index is 6.10. The van der Waals surface area contributed by atoms with Crippen molar-refractivity contribution in [2.75, 3.05) is 6.61 Å². The van der Waals surface area contributed by atoms with E-state index in [4.69, 9.17) is 4.43 Å². The molecule has 1 radical (unpaired) electrons. The molecular formula is C19H22N3OSi. The highest BCUT2D eigenvalue weighted by Gasteiger charge is 2.15. The predicted molar refractivity (Wildman–Crippen MR) is 97.6 cm³/mol. The number of hydrogen-bond donors (Lipinski definition) is 0. The molecule has 1 aromatic heterocycles. The Morgan fingerprint density at radius 1 is 1.00 bits per heavy atom. The topological polar surface area (TPSA) is 39.9 Å². The molecule has 0 saturated heterocycles. The van der Waals surface area contributed by atoms with Crippen LogP contribution < -0.4 is 0 Å². The van der Waals surface area contributed by atoms with Crippen molar-refractivity contribution in [1.82, 2.24) is 14.8 Å². The Morgan fingerprint density at radius 2 is 1.75 bits per heavy atom. The predicted octanol–water partition coefficient (Wildman–Crippen LogP) is 3.68. The standard InChI is InChI=1S/C19H22N3OSi/c1-2-12-23-24(16-22-15-20-14-21-22)13-17-8-10-19(11-9-17)18-6-4-3-5-7-18/h3-11,14-15H,2,12-13,16H2,1H3. The molecule has 0 aliphatic carbocycles. The summed E-state index contributed by atoms with van der Waals surface area (Å²) in [5.41, 5.74) is 3.82. The number of nitrogens with zero attached hydrogens (tertiary/aromatic N) is 3. The summed E-state index contributed by atoms with van der Waals surface area (Å²) in [5.74, 6) is 0. The molecule has 0 fully saturated rings. The van der Waals surface area contributed by atoms with E-state index in [1.54, 1.807) is 12.7 Å². The van der Waals surface area contributed by atoms with Crippen LogP contribution in [-0.4, -0.2) is 30.4 Å². The van der Waals surface area contributed by atoms with Gasteiger partial charge in [-0.3, -0.25) is 4.68 Å². The fourth-order valence-electron chi connectivity index (χ4n) is 2.57. The zero-order valence-electron chi connectivity index (χ0n) is 13.9. The van der Waals surface area contributed by atoms with Gasteiger partial charge in [0.25, 0.3) is 0 Å². The number of benzene rings is 2. The zero-order chi connectivity index (χ0) is 16.6. The highest BCUT2D eigenvalue weighted by Crippen LogP contribution is 2.19. The van der Waals surface area contributed by atoms with E-state index in [2.05, 4.69) is 65.5 Å². The van der Waals surface area contributed by atoms with Gasteiger partial charge in [0.1, 0.15) is 12.7 Å². The minimum atomic E-state index is -0.998. The van der Waals surface area contributed by atoms with E-state index in [1.165, 1.54) is 16.7 Å². The summed E-state index contributed by atoms with van der Waals surface area (Å²) in [4.78, 5) is 4.02. The normalized spacial score (nSPS) is 11.1. The van der Waals surface area contributed by atoms with Gasteiger partial charge in [0, 0.05) is 6.61 Å². The highest BCUT2D eigenvalue weighted by molar-refractivity contribution is 6.49. The van der Waals surface area contributed by atoms with Crippen molar-refractivity contribution in [3.05, 3.63) is 72.8 Å². The molecule has 2 aromatic carbocycles. The lowest BCUT2D eigenvalue weighted by atomic mass is 10.0. The van der Waals surface area contributed by atoms with Crippen molar-refractivity contribution < 1.29 is 4.43 Å². The van der Waals surface area contributed by atoms with Gasteiger partial charge in [-0.25, -0.2) is 4.98 Å². The summed E-state index contributed by atoms with van der Waals surface area (Å²) in [6.45, 7) is 2.95. The van der Waals surface area contributed by atoms with Crippen LogP contribution in [0.2, 0.25) is 0 Å². The van der Waals surface area contributed by atoms with Crippen LogP contribution >= 0.6 is 0 Å². The molecule has 5 heteroatoms. The largest absolute Gasteiger partial charge is 0.414 e. The van der Waals surface area contributed by atoms with Gasteiger partial charge < -0.3 is 4.43 Å². The monoisotopic (exact) mass is 336 g/mol. The van der Waals surface area contributed by atoms with Crippen LogP contribution in [0, 0.1) is 0 Å². The molecule has 24 heavy (non-hydrogen) atoms. The molecule has 0 aliphatic rings. The van der Waals surface area contributed by atoms with E-state index >= 15 is 0 Å². The summed E-state index contributed by atoms with van der Waals surface area (Å²) in [7, 11) is -0.998. The molecule has 0 bridgehead atoms. The lowest BCUT2D eigenvalue weighted by Crippen LogP contribution is -2.29. The van der Waals surface area contributed by atoms with Gasteiger partial charge in [-0.15, -0.1) is 0 Å². The second-order valence-corrected chi connectivity index (χ2v) is 7.76. The minimum absolute atomic E-state index is 0.811. The summed E-state index contributed by atoms with van der Waals surface area (Å²) in [5, 5.41) is 4.21. The Morgan fingerprint density at radius 3 is 2.42 bits per heavy atom. The Balaban J connectivity index is 1.67. The van der Waals surface area contributed by atoms with Crippen LogP contribution in [0.25, 0.3) is 11.1 Å². The van der Waals surface area contributed by atoms with Crippen LogP contribution in [0.15, 0.2) is 67.3 Å². The average Bonchev–Trinajstić information content (AvgIpc) is 3.14. The first-order valence-corrected chi connectivity index (χ1v) is 10.1. The fraction of sp³-hybridized carbons (Fsp3) is 0.263. The van der Waals surface area contributed by atoms with Crippen LogP contribution in [-0.2, 0) is 16.6 Å². The molecule has 0 atom stereocenters. The third kappa shape index (κ3) is 4.63. The zero-order valence-corrected chi connectivity index (χ0v) is 14.9. The Kier molecular flexibility index (Phi) is 5.93. The first kappa shape index (κ1) is 16.6. The van der Waals surface area contributed by atoms with Crippen molar-refractivity contribution in [2.24, 2.45) is 0 Å². The maximum atomic E-state index is 6.10. The first-order valence-electron chi connectivity index (χ1n) is 8.29. The van der Waals surface area contributed by atoms with Crippen molar-refractivity contribution in [2.45, 2.75) is 25.6 Å². The van der Waals surface area contributed by atoms with Crippen molar-refractivity contribution in [3.63, 3.8) is 0 Å². The summed E-state index contributed by atoms with van der Waals surface area (Å²) in [6.07, 6.45) is 5.20. The smallest absolute Gasteiger partial charge is 0.238 e. The van der Waals surface area contributed by atoms with Gasteiger partial charge in [-0.2, -0.15) is 5.10 Å². The fourth-order valence-corrected chi connectivity index (χ4v) is 4.58. The molecule has 0 N–H and O–H groups in total. The van der Waals surface area contributed by atoms with Crippen molar-refractivity contribution in [3.8, 4) is 11.1 Å². The van der Waals surface area contributed by atoms with Crippen LogP contribution in [0.1, 0.15) is 18.9 Å². The molecule has 0 unspecified atom stereocenters. The number of hydrogen-bond acceptors (Lipinski definition) is 3. The molecule has 0 amide bonds. The van der Waals surface area contributed by atoms with Gasteiger partial charge in [-0.1, -0.05) is 61.5 Å². The van der Waals surface area contributed by atoms with Crippen molar-refractivity contribution >= 4 is 9.04 Å². The van der Waals surface area contributed by atoms with Crippen molar-refractivity contribution in [1.29, 1.82) is 0 Å². The Bertz CT molecular complexity index is 714. The lowest BCUT2D eigenvalue weighted by molar-refractivity contribution is 0.310. The van der Waals surface area contributed by atoms with Gasteiger partial charge in [0.05, 0.1) is 6.17 Å². The third-order valence-corrected chi connectivity index (χ3v) is 5.87. The Hall–Kier alpha value is -2.24. The van der Waals surface area contributed by atoms with Crippen LogP contribution in [0.5, 0.6) is 0 Å². The quantitative estimate of drug-likeness (QED) is 0.589. The van der Waals surface area contributed by atoms with Gasteiger partial charge in [0.2, 0.25) is 9.04 Å². The maximum Gasteiger partial charge on any atom is 0.238 e. The summed E-state index contributed by atoms with van der Waals surface area (Å²) < 4.78 is 7.97. The molecule has 0 aliphatic heterocycles. The van der Waals surface area contributed by atoms with E-state index in [-0.39, 0.29) is 0 Å². The minimum Gasteiger partial charge on any atom is -0.414 e. The van der Waals surface area contributed by atoms with Gasteiger partial charge >= 0.3 is 0 Å². The lowest BCUT2D eigenvalue weighted by Gasteiger charge is -2.15.